The number of pyridine rings is 1. The molecule has 0 radical (unpaired) electrons. The number of amides is 1. The standard InChI is InChI=1S/C22H15F6N5O3/c1-11(10-12-6-3-2-4-7-12)33-17(15-13(8-5-9-29-15)30-20(35)22(26,27)28)31-18-14(19(33)34)16(32-36-18)21(23,24)25/h2-9,11H,10H2,1H3,(H,30,35)/t11-/m1/s1. The largest absolute Gasteiger partial charge is 0.471 e. The molecule has 4 aromatic rings. The van der Waals surface area contributed by atoms with Crippen molar-refractivity contribution in [1.29, 1.82) is 0 Å². The maximum Gasteiger partial charge on any atom is 0.471 e. The van der Waals surface area contributed by atoms with Gasteiger partial charge < -0.3 is 9.84 Å². The van der Waals surface area contributed by atoms with Crippen LogP contribution in [0.25, 0.3) is 22.6 Å². The first-order chi connectivity index (χ1) is 16.9. The Morgan fingerprint density at radius 3 is 2.42 bits per heavy atom. The predicted molar refractivity (Wildman–Crippen MR) is 114 cm³/mol. The molecule has 0 aliphatic rings. The van der Waals surface area contributed by atoms with Crippen molar-refractivity contribution in [2.75, 3.05) is 5.32 Å². The zero-order chi connectivity index (χ0) is 26.3. The number of benzene rings is 1. The normalized spacial score (nSPS) is 13.1. The van der Waals surface area contributed by atoms with Crippen molar-refractivity contribution >= 4 is 22.7 Å². The van der Waals surface area contributed by atoms with E-state index in [1.165, 1.54) is 13.0 Å². The molecule has 0 bridgehead atoms. The molecule has 0 unspecified atom stereocenters. The minimum Gasteiger partial charge on any atom is -0.335 e. The number of carbonyl (C=O) groups is 1. The second-order valence-electron chi connectivity index (χ2n) is 7.71. The molecule has 0 aliphatic carbocycles. The van der Waals surface area contributed by atoms with Crippen LogP contribution < -0.4 is 10.9 Å². The smallest absolute Gasteiger partial charge is 0.335 e. The van der Waals surface area contributed by atoms with Crippen molar-refractivity contribution < 1.29 is 35.7 Å². The number of hydrogen-bond donors (Lipinski definition) is 1. The Hall–Kier alpha value is -4.23. The average molecular weight is 511 g/mol. The van der Waals surface area contributed by atoms with E-state index in [2.05, 4.69) is 19.6 Å². The fourth-order valence-corrected chi connectivity index (χ4v) is 3.61. The van der Waals surface area contributed by atoms with Crippen LogP contribution in [0.5, 0.6) is 0 Å². The van der Waals surface area contributed by atoms with Crippen LogP contribution >= 0.6 is 0 Å². The molecule has 0 fully saturated rings. The van der Waals surface area contributed by atoms with Crippen LogP contribution in [0, 0.1) is 0 Å². The summed E-state index contributed by atoms with van der Waals surface area (Å²) in [6.07, 6.45) is -8.98. The Balaban J connectivity index is 1.96. The predicted octanol–water partition coefficient (Wildman–Crippen LogP) is 4.77. The molecule has 1 atom stereocenters. The molecule has 4 rings (SSSR count). The number of fused-ring (bicyclic) bond motifs is 1. The van der Waals surface area contributed by atoms with Gasteiger partial charge in [-0.15, -0.1) is 0 Å². The van der Waals surface area contributed by atoms with Crippen molar-refractivity contribution in [1.82, 2.24) is 19.7 Å². The fraction of sp³-hybridized carbons (Fsp3) is 0.227. The van der Waals surface area contributed by atoms with E-state index in [0.29, 0.717) is 0 Å². The monoisotopic (exact) mass is 511 g/mol. The summed E-state index contributed by atoms with van der Waals surface area (Å²) in [5, 5.41) is 3.65. The van der Waals surface area contributed by atoms with Gasteiger partial charge in [0.1, 0.15) is 11.1 Å². The molecule has 0 aliphatic heterocycles. The number of carbonyl (C=O) groups excluding carboxylic acids is 1. The summed E-state index contributed by atoms with van der Waals surface area (Å²) in [4.78, 5) is 32.9. The number of anilines is 1. The van der Waals surface area contributed by atoms with Crippen LogP contribution in [0.4, 0.5) is 32.0 Å². The van der Waals surface area contributed by atoms with Gasteiger partial charge in [0.2, 0.25) is 5.69 Å². The van der Waals surface area contributed by atoms with Gasteiger partial charge in [0.15, 0.2) is 5.82 Å². The summed E-state index contributed by atoms with van der Waals surface area (Å²) in [5.74, 6) is -2.73. The highest BCUT2D eigenvalue weighted by molar-refractivity contribution is 5.97. The number of hydrogen-bond acceptors (Lipinski definition) is 6. The van der Waals surface area contributed by atoms with Crippen molar-refractivity contribution in [2.24, 2.45) is 0 Å². The van der Waals surface area contributed by atoms with E-state index >= 15 is 0 Å². The lowest BCUT2D eigenvalue weighted by atomic mass is 10.1. The molecule has 8 nitrogen and oxygen atoms in total. The van der Waals surface area contributed by atoms with Gasteiger partial charge in [-0.25, -0.2) is 0 Å². The van der Waals surface area contributed by atoms with Gasteiger partial charge in [-0.05, 0) is 31.0 Å². The minimum atomic E-state index is -5.24. The summed E-state index contributed by atoms with van der Waals surface area (Å²) in [6, 6.07) is 10.1. The Bertz CT molecular complexity index is 1480. The minimum absolute atomic E-state index is 0.143. The second kappa shape index (κ2) is 9.09. The number of nitrogens with zero attached hydrogens (tertiary/aromatic N) is 4. The van der Waals surface area contributed by atoms with Crippen molar-refractivity contribution in [2.45, 2.75) is 31.7 Å². The molecular formula is C22H15F6N5O3. The van der Waals surface area contributed by atoms with Gasteiger partial charge >= 0.3 is 18.3 Å². The van der Waals surface area contributed by atoms with Crippen LogP contribution in [0.15, 0.2) is 58.0 Å². The molecule has 1 N–H and O–H groups in total. The van der Waals surface area contributed by atoms with E-state index in [-0.39, 0.29) is 12.1 Å². The third-order valence-corrected chi connectivity index (χ3v) is 5.15. The molecule has 3 aromatic heterocycles. The van der Waals surface area contributed by atoms with E-state index in [0.717, 1.165) is 22.4 Å². The maximum atomic E-state index is 13.5. The van der Waals surface area contributed by atoms with E-state index in [4.69, 9.17) is 0 Å². The third-order valence-electron chi connectivity index (χ3n) is 5.15. The first-order valence-electron chi connectivity index (χ1n) is 10.2. The van der Waals surface area contributed by atoms with Gasteiger partial charge in [-0.2, -0.15) is 31.3 Å². The van der Waals surface area contributed by atoms with E-state index < -0.39 is 58.2 Å². The highest BCUT2D eigenvalue weighted by Gasteiger charge is 2.41. The lowest BCUT2D eigenvalue weighted by Crippen LogP contribution is -2.31. The van der Waals surface area contributed by atoms with Crippen LogP contribution in [0.2, 0.25) is 0 Å². The van der Waals surface area contributed by atoms with Crippen molar-refractivity contribution in [3.8, 4) is 11.5 Å². The second-order valence-corrected chi connectivity index (χ2v) is 7.71. The molecule has 1 aromatic carbocycles. The van der Waals surface area contributed by atoms with Crippen molar-refractivity contribution in [3.05, 3.63) is 70.3 Å². The summed E-state index contributed by atoms with van der Waals surface area (Å²) >= 11 is 0. The van der Waals surface area contributed by atoms with Gasteiger partial charge in [-0.3, -0.25) is 19.1 Å². The quantitative estimate of drug-likeness (QED) is 0.388. The highest BCUT2D eigenvalue weighted by atomic mass is 19.4. The summed E-state index contributed by atoms with van der Waals surface area (Å²) in [6.45, 7) is 1.52. The molecular weight excluding hydrogens is 496 g/mol. The summed E-state index contributed by atoms with van der Waals surface area (Å²) < 4.78 is 84.6. The first kappa shape index (κ1) is 24.9. The molecule has 0 saturated carbocycles. The molecule has 0 saturated heterocycles. The summed E-state index contributed by atoms with van der Waals surface area (Å²) in [5.41, 5.74) is -3.71. The Kier molecular flexibility index (Phi) is 6.28. The Morgan fingerprint density at radius 2 is 1.78 bits per heavy atom. The van der Waals surface area contributed by atoms with E-state index in [1.807, 2.05) is 0 Å². The van der Waals surface area contributed by atoms with E-state index in [9.17, 15) is 35.9 Å². The number of nitrogens with one attached hydrogen (secondary N) is 1. The number of alkyl halides is 6. The van der Waals surface area contributed by atoms with Gasteiger partial charge in [0.25, 0.3) is 11.3 Å². The van der Waals surface area contributed by atoms with Crippen LogP contribution in [-0.2, 0) is 17.4 Å². The lowest BCUT2D eigenvalue weighted by Gasteiger charge is -2.20. The third kappa shape index (κ3) is 4.78. The van der Waals surface area contributed by atoms with Crippen LogP contribution in [0.1, 0.15) is 24.2 Å². The number of halogens is 6. The molecule has 3 heterocycles. The lowest BCUT2D eigenvalue weighted by molar-refractivity contribution is -0.167. The number of aromatic nitrogens is 4. The van der Waals surface area contributed by atoms with Gasteiger partial charge in [0, 0.05) is 12.2 Å². The maximum absolute atomic E-state index is 13.5. The summed E-state index contributed by atoms with van der Waals surface area (Å²) in [7, 11) is 0. The van der Waals surface area contributed by atoms with Crippen LogP contribution in [0.3, 0.4) is 0 Å². The number of rotatable bonds is 5. The Labute approximate surface area is 197 Å². The molecule has 14 heteroatoms. The topological polar surface area (TPSA) is 103 Å². The van der Waals surface area contributed by atoms with E-state index in [1.54, 1.807) is 35.6 Å². The molecule has 36 heavy (non-hydrogen) atoms. The zero-order valence-corrected chi connectivity index (χ0v) is 18.2. The molecule has 0 spiro atoms. The SMILES string of the molecule is C[C@H](Cc1ccccc1)n1c(-c2ncccc2NC(=O)C(F)(F)F)nc2onc(C(F)(F)F)c2c1=O. The van der Waals surface area contributed by atoms with Crippen LogP contribution in [-0.4, -0.2) is 31.8 Å². The highest BCUT2D eigenvalue weighted by Crippen LogP contribution is 2.34. The fourth-order valence-electron chi connectivity index (χ4n) is 3.61. The molecule has 1 amide bonds. The Morgan fingerprint density at radius 1 is 1.08 bits per heavy atom. The van der Waals surface area contributed by atoms with Crippen molar-refractivity contribution in [3.63, 3.8) is 0 Å². The van der Waals surface area contributed by atoms with Gasteiger partial charge in [0.05, 0.1) is 5.69 Å². The molecule has 188 valence electrons. The average Bonchev–Trinajstić information content (AvgIpc) is 3.24. The first-order valence-corrected chi connectivity index (χ1v) is 10.2. The zero-order valence-electron chi connectivity index (χ0n) is 18.2. The van der Waals surface area contributed by atoms with Gasteiger partial charge in [-0.1, -0.05) is 35.5 Å².